The molecule has 1 aliphatic heterocycles. The molecule has 0 aromatic carbocycles. The molecule has 0 bridgehead atoms. The maximum atomic E-state index is 12.3. The summed E-state index contributed by atoms with van der Waals surface area (Å²) in [4.78, 5) is 28.5. The van der Waals surface area contributed by atoms with E-state index in [1.54, 1.807) is 46.8 Å². The molecule has 1 saturated heterocycles. The van der Waals surface area contributed by atoms with Gasteiger partial charge in [0, 0.05) is 0 Å². The van der Waals surface area contributed by atoms with E-state index in [-0.39, 0.29) is 18.3 Å². The zero-order valence-electron chi connectivity index (χ0n) is 18.9. The number of hydrogen-bond donors (Lipinski definition) is 3. The molecular formula is C21H31N5O6. The van der Waals surface area contributed by atoms with Crippen molar-refractivity contribution in [2.75, 3.05) is 12.3 Å². The Kier molecular flexibility index (Phi) is 6.72. The maximum absolute atomic E-state index is 12.3. The number of fused-ring (bicyclic) bond motifs is 1. The van der Waals surface area contributed by atoms with E-state index in [2.05, 4.69) is 10.1 Å². The Bertz CT molecular complexity index is 992. The molecule has 1 fully saturated rings. The van der Waals surface area contributed by atoms with Gasteiger partial charge in [0.2, 0.25) is 0 Å². The molecule has 0 aliphatic carbocycles. The normalized spacial score (nSPS) is 26.6. The predicted octanol–water partition coefficient (Wildman–Crippen LogP) is 0.381. The maximum Gasteiger partial charge on any atom is 0.323 e. The zero-order chi connectivity index (χ0) is 23.8. The lowest BCUT2D eigenvalue weighted by Crippen LogP contribution is -2.43. The molecule has 1 aliphatic rings. The summed E-state index contributed by atoms with van der Waals surface area (Å²) in [7, 11) is 0. The van der Waals surface area contributed by atoms with Gasteiger partial charge in [-0.25, -0.2) is 9.50 Å². The van der Waals surface area contributed by atoms with Gasteiger partial charge in [-0.2, -0.15) is 5.10 Å². The van der Waals surface area contributed by atoms with Crippen LogP contribution in [0.3, 0.4) is 0 Å². The largest absolute Gasteiger partial charge is 0.462 e. The van der Waals surface area contributed by atoms with E-state index in [1.807, 2.05) is 0 Å². The Morgan fingerprint density at radius 3 is 2.59 bits per heavy atom. The van der Waals surface area contributed by atoms with Crippen molar-refractivity contribution in [1.29, 1.82) is 0 Å². The van der Waals surface area contributed by atoms with Crippen LogP contribution in [0.15, 0.2) is 18.5 Å². The van der Waals surface area contributed by atoms with Crippen molar-refractivity contribution in [2.45, 2.75) is 64.6 Å². The summed E-state index contributed by atoms with van der Waals surface area (Å²) >= 11 is 0. The van der Waals surface area contributed by atoms with Crippen LogP contribution >= 0.6 is 0 Å². The third-order valence-corrected chi connectivity index (χ3v) is 5.73. The second-order valence-corrected chi connectivity index (χ2v) is 8.83. The van der Waals surface area contributed by atoms with E-state index in [9.17, 15) is 14.7 Å². The van der Waals surface area contributed by atoms with Crippen LogP contribution in [0.25, 0.3) is 5.52 Å². The molecule has 3 heterocycles. The van der Waals surface area contributed by atoms with Crippen molar-refractivity contribution in [3.05, 3.63) is 24.2 Å². The summed E-state index contributed by atoms with van der Waals surface area (Å²) in [5.74, 6) is -1.39. The van der Waals surface area contributed by atoms with Crippen LogP contribution in [0.4, 0.5) is 5.82 Å². The Hall–Kier alpha value is -2.76. The number of aliphatic hydroxyl groups excluding tert-OH is 1. The number of ether oxygens (including phenoxy) is 3. The Morgan fingerprint density at radius 2 is 1.97 bits per heavy atom. The van der Waals surface area contributed by atoms with Crippen molar-refractivity contribution in [3.63, 3.8) is 0 Å². The van der Waals surface area contributed by atoms with E-state index in [4.69, 9.17) is 25.7 Å². The van der Waals surface area contributed by atoms with Crippen LogP contribution in [0.5, 0.6) is 0 Å². The van der Waals surface area contributed by atoms with Gasteiger partial charge in [0.25, 0.3) is 0 Å². The average Bonchev–Trinajstić information content (AvgIpc) is 3.28. The molecule has 5 atom stereocenters. The van der Waals surface area contributed by atoms with Gasteiger partial charge in [-0.1, -0.05) is 27.7 Å². The number of esters is 2. The van der Waals surface area contributed by atoms with Crippen molar-refractivity contribution in [2.24, 2.45) is 17.6 Å². The number of hydrogen-bond acceptors (Lipinski definition) is 10. The zero-order valence-corrected chi connectivity index (χ0v) is 18.9. The first-order valence-electron chi connectivity index (χ1n) is 10.5. The second kappa shape index (κ2) is 9.00. The van der Waals surface area contributed by atoms with E-state index in [0.29, 0.717) is 11.2 Å². The van der Waals surface area contributed by atoms with Crippen LogP contribution in [0, 0.1) is 11.8 Å². The molecule has 11 heteroatoms. The molecule has 11 nitrogen and oxygen atoms in total. The smallest absolute Gasteiger partial charge is 0.323 e. The molecule has 0 amide bonds. The quantitative estimate of drug-likeness (QED) is 0.503. The summed E-state index contributed by atoms with van der Waals surface area (Å²) in [6.07, 6.45) is -1.99. The molecule has 2 aromatic heterocycles. The number of nitrogen functional groups attached to an aromatic ring is 1. The number of nitrogens with zero attached hydrogens (tertiary/aromatic N) is 3. The minimum atomic E-state index is -1.34. The number of carbonyl (C=O) groups excluding carboxylic acids is 2. The van der Waals surface area contributed by atoms with Gasteiger partial charge >= 0.3 is 11.9 Å². The molecule has 2 aromatic rings. The van der Waals surface area contributed by atoms with Gasteiger partial charge in [0.05, 0.1) is 11.6 Å². The standard InChI is InChI=1S/C21H31N5O6/c1-10(2)15(22)20(29)30-8-13-16(31-19(28)11(3)4)17(27)21(5,32-13)14-7-6-12-18(23)24-9-25-26(12)14/h6-7,9-11,13,15-17,27H,8,22H2,1-5H3,(H2,23,24,25)/t13-,15+,16-,17-,21+/m1/s1. The fourth-order valence-electron chi connectivity index (χ4n) is 3.58. The van der Waals surface area contributed by atoms with Gasteiger partial charge < -0.3 is 30.8 Å². The fraction of sp³-hybridized carbons (Fsp3) is 0.619. The molecule has 0 unspecified atom stereocenters. The highest BCUT2D eigenvalue weighted by Gasteiger charge is 2.56. The number of nitrogens with two attached hydrogens (primary N) is 2. The molecule has 0 spiro atoms. The first-order chi connectivity index (χ1) is 15.0. The lowest BCUT2D eigenvalue weighted by atomic mass is 9.93. The number of aromatic nitrogens is 3. The minimum absolute atomic E-state index is 0.116. The highest BCUT2D eigenvalue weighted by atomic mass is 16.6. The van der Waals surface area contributed by atoms with Crippen LogP contribution < -0.4 is 11.5 Å². The van der Waals surface area contributed by atoms with Crippen molar-refractivity contribution in [3.8, 4) is 0 Å². The second-order valence-electron chi connectivity index (χ2n) is 8.83. The summed E-state index contributed by atoms with van der Waals surface area (Å²) in [6, 6.07) is 2.60. The lowest BCUT2D eigenvalue weighted by molar-refractivity contribution is -0.164. The van der Waals surface area contributed by atoms with Crippen molar-refractivity contribution >= 4 is 23.3 Å². The SMILES string of the molecule is CC(C)C(=O)O[C@H]1[C@@H](O)[C@](C)(c2ccc3c(N)ncnn23)O[C@@H]1COC(=O)[C@@H](N)C(C)C. The molecule has 5 N–H and O–H groups in total. The summed E-state index contributed by atoms with van der Waals surface area (Å²) < 4.78 is 18.6. The Morgan fingerprint density at radius 1 is 1.28 bits per heavy atom. The summed E-state index contributed by atoms with van der Waals surface area (Å²) in [6.45, 7) is 8.37. The molecular weight excluding hydrogens is 418 g/mol. The highest BCUT2D eigenvalue weighted by Crippen LogP contribution is 2.42. The monoisotopic (exact) mass is 449 g/mol. The molecule has 3 rings (SSSR count). The first kappa shape index (κ1) is 23.9. The predicted molar refractivity (Wildman–Crippen MR) is 114 cm³/mol. The van der Waals surface area contributed by atoms with Gasteiger partial charge in [0.1, 0.15) is 42.3 Å². The van der Waals surface area contributed by atoms with Crippen LogP contribution in [0.1, 0.15) is 40.3 Å². The number of anilines is 1. The average molecular weight is 450 g/mol. The molecule has 176 valence electrons. The number of carbonyl (C=O) groups is 2. The minimum Gasteiger partial charge on any atom is -0.462 e. The number of rotatable bonds is 7. The van der Waals surface area contributed by atoms with E-state index < -0.39 is 47.8 Å². The summed E-state index contributed by atoms with van der Waals surface area (Å²) in [5, 5.41) is 15.4. The lowest BCUT2D eigenvalue weighted by Gasteiger charge is -2.27. The van der Waals surface area contributed by atoms with E-state index in [1.165, 1.54) is 10.8 Å². The van der Waals surface area contributed by atoms with Crippen molar-refractivity contribution in [1.82, 2.24) is 14.6 Å². The Labute approximate surface area is 186 Å². The first-order valence-corrected chi connectivity index (χ1v) is 10.5. The topological polar surface area (TPSA) is 164 Å². The third-order valence-electron chi connectivity index (χ3n) is 5.73. The van der Waals surface area contributed by atoms with E-state index >= 15 is 0 Å². The van der Waals surface area contributed by atoms with Crippen LogP contribution in [0.2, 0.25) is 0 Å². The van der Waals surface area contributed by atoms with Gasteiger partial charge in [-0.3, -0.25) is 9.59 Å². The highest BCUT2D eigenvalue weighted by molar-refractivity contribution is 5.75. The van der Waals surface area contributed by atoms with Gasteiger partial charge in [-0.15, -0.1) is 0 Å². The van der Waals surface area contributed by atoms with Crippen LogP contribution in [-0.4, -0.2) is 62.6 Å². The van der Waals surface area contributed by atoms with Crippen LogP contribution in [-0.2, 0) is 29.4 Å². The van der Waals surface area contributed by atoms with Crippen molar-refractivity contribution < 1.29 is 28.9 Å². The number of aliphatic hydroxyl groups is 1. The summed E-state index contributed by atoms with van der Waals surface area (Å²) in [5.41, 5.74) is 11.4. The van der Waals surface area contributed by atoms with Gasteiger partial charge in [-0.05, 0) is 25.0 Å². The third kappa shape index (κ3) is 4.27. The molecule has 0 saturated carbocycles. The Balaban J connectivity index is 1.92. The molecule has 32 heavy (non-hydrogen) atoms. The van der Waals surface area contributed by atoms with Gasteiger partial charge in [0.15, 0.2) is 11.9 Å². The molecule has 0 radical (unpaired) electrons. The fourth-order valence-corrected chi connectivity index (χ4v) is 3.58. The van der Waals surface area contributed by atoms with E-state index in [0.717, 1.165) is 0 Å².